The molecule has 2 aliphatic rings. The van der Waals surface area contributed by atoms with E-state index in [0.29, 0.717) is 39.4 Å². The molecule has 8 nitrogen and oxygen atoms in total. The van der Waals surface area contributed by atoms with E-state index in [1.807, 2.05) is 13.0 Å². The first-order chi connectivity index (χ1) is 16.0. The van der Waals surface area contributed by atoms with Crippen LogP contribution in [0.15, 0.2) is 28.0 Å². The Hall–Kier alpha value is -2.27. The van der Waals surface area contributed by atoms with Crippen LogP contribution in [-0.2, 0) is 9.53 Å². The Bertz CT molecular complexity index is 1140. The number of amides is 1. The minimum absolute atomic E-state index is 0.0526. The molecular formula is C23H28N4O4S2. The molecule has 0 spiro atoms. The van der Waals surface area contributed by atoms with Gasteiger partial charge in [-0.05, 0) is 37.5 Å². The number of anilines is 1. The maximum Gasteiger partial charge on any atom is 0.267 e. The summed E-state index contributed by atoms with van der Waals surface area (Å²) in [6.07, 6.45) is 8.66. The van der Waals surface area contributed by atoms with Crippen LogP contribution in [0.2, 0.25) is 0 Å². The lowest BCUT2D eigenvalue weighted by atomic mass is 9.94. The molecule has 0 aromatic carbocycles. The van der Waals surface area contributed by atoms with Crippen molar-refractivity contribution in [2.75, 3.05) is 31.7 Å². The number of rotatable bonds is 8. The first kappa shape index (κ1) is 23.9. The number of aromatic nitrogens is 2. The van der Waals surface area contributed by atoms with Crippen molar-refractivity contribution < 1.29 is 14.6 Å². The number of nitrogens with zero attached hydrogens (tertiary/aromatic N) is 3. The van der Waals surface area contributed by atoms with Gasteiger partial charge in [0.2, 0.25) is 0 Å². The Balaban J connectivity index is 1.68. The molecule has 0 atom stereocenters. The van der Waals surface area contributed by atoms with E-state index in [-0.39, 0.29) is 30.7 Å². The fourth-order valence-corrected chi connectivity index (χ4v) is 5.58. The van der Waals surface area contributed by atoms with E-state index in [1.54, 1.807) is 23.2 Å². The van der Waals surface area contributed by atoms with Crippen LogP contribution >= 0.6 is 24.0 Å². The molecule has 2 aromatic heterocycles. The zero-order valence-corrected chi connectivity index (χ0v) is 20.2. The van der Waals surface area contributed by atoms with E-state index in [9.17, 15) is 9.59 Å². The average Bonchev–Trinajstić information content (AvgIpc) is 3.09. The van der Waals surface area contributed by atoms with Crippen molar-refractivity contribution in [3.8, 4) is 0 Å². The topological polar surface area (TPSA) is 96.2 Å². The zero-order valence-electron chi connectivity index (χ0n) is 18.6. The summed E-state index contributed by atoms with van der Waals surface area (Å²) in [4.78, 5) is 33.5. The van der Waals surface area contributed by atoms with Gasteiger partial charge in [-0.25, -0.2) is 4.98 Å². The summed E-state index contributed by atoms with van der Waals surface area (Å²) in [5, 5.41) is 12.0. The number of aliphatic hydroxyl groups excluding tert-OH is 1. The van der Waals surface area contributed by atoms with Crippen molar-refractivity contribution in [2.24, 2.45) is 0 Å². The van der Waals surface area contributed by atoms with E-state index in [1.165, 1.54) is 22.6 Å². The number of pyridine rings is 1. The Morgan fingerprint density at radius 3 is 2.82 bits per heavy atom. The average molecular weight is 489 g/mol. The van der Waals surface area contributed by atoms with Gasteiger partial charge < -0.3 is 15.2 Å². The van der Waals surface area contributed by atoms with Crippen molar-refractivity contribution in [2.45, 2.75) is 45.1 Å². The predicted molar refractivity (Wildman–Crippen MR) is 134 cm³/mol. The van der Waals surface area contributed by atoms with Crippen LogP contribution in [0.3, 0.4) is 0 Å². The summed E-state index contributed by atoms with van der Waals surface area (Å²) in [6, 6.07) is 3.82. The van der Waals surface area contributed by atoms with Crippen molar-refractivity contribution in [1.29, 1.82) is 0 Å². The molecule has 10 heteroatoms. The SMILES string of the molecule is Cc1ccc2nc(NCCOCCO)c(C=C3SC(=S)N(C4CCCCC4)C3=O)c(=O)n2c1. The third kappa shape index (κ3) is 5.29. The Morgan fingerprint density at radius 2 is 2.06 bits per heavy atom. The molecule has 0 unspecified atom stereocenters. The van der Waals surface area contributed by atoms with Crippen LogP contribution in [0.25, 0.3) is 11.7 Å². The van der Waals surface area contributed by atoms with Gasteiger partial charge >= 0.3 is 0 Å². The third-order valence-corrected chi connectivity index (χ3v) is 7.15. The molecule has 2 aromatic rings. The van der Waals surface area contributed by atoms with Crippen molar-refractivity contribution in [3.05, 3.63) is 44.7 Å². The number of thioether (sulfide) groups is 1. The minimum atomic E-state index is -0.259. The highest BCUT2D eigenvalue weighted by atomic mass is 32.2. The molecule has 1 amide bonds. The number of carbonyl (C=O) groups excluding carboxylic acids is 1. The molecule has 3 heterocycles. The second-order valence-corrected chi connectivity index (χ2v) is 9.90. The van der Waals surface area contributed by atoms with Gasteiger partial charge in [0.1, 0.15) is 15.8 Å². The summed E-state index contributed by atoms with van der Waals surface area (Å²) in [5.41, 5.74) is 1.49. The molecular weight excluding hydrogens is 460 g/mol. The lowest BCUT2D eigenvalue weighted by Crippen LogP contribution is -2.39. The normalized spacial score (nSPS) is 18.6. The monoisotopic (exact) mass is 488 g/mol. The number of hydrogen-bond donors (Lipinski definition) is 2. The summed E-state index contributed by atoms with van der Waals surface area (Å²) < 4.78 is 7.35. The largest absolute Gasteiger partial charge is 0.394 e. The number of nitrogens with one attached hydrogen (secondary N) is 1. The quantitative estimate of drug-likeness (QED) is 0.333. The lowest BCUT2D eigenvalue weighted by Gasteiger charge is -2.29. The molecule has 176 valence electrons. The predicted octanol–water partition coefficient (Wildman–Crippen LogP) is 2.96. The highest BCUT2D eigenvalue weighted by Crippen LogP contribution is 2.37. The molecule has 1 saturated heterocycles. The maximum absolute atomic E-state index is 13.4. The van der Waals surface area contributed by atoms with Gasteiger partial charge in [0.05, 0.1) is 30.3 Å². The van der Waals surface area contributed by atoms with Crippen molar-refractivity contribution in [3.63, 3.8) is 0 Å². The van der Waals surface area contributed by atoms with Gasteiger partial charge in [-0.15, -0.1) is 0 Å². The van der Waals surface area contributed by atoms with Gasteiger partial charge in [-0.1, -0.05) is 49.3 Å². The highest BCUT2D eigenvalue weighted by molar-refractivity contribution is 8.26. The first-order valence-electron chi connectivity index (χ1n) is 11.2. The van der Waals surface area contributed by atoms with Crippen LogP contribution in [0.5, 0.6) is 0 Å². The second-order valence-electron chi connectivity index (χ2n) is 8.22. The number of ether oxygens (including phenoxy) is 1. The Labute approximate surface area is 202 Å². The molecule has 1 aliphatic heterocycles. The second kappa shape index (κ2) is 10.8. The summed E-state index contributed by atoms with van der Waals surface area (Å²) >= 11 is 6.78. The van der Waals surface area contributed by atoms with Crippen LogP contribution in [0.4, 0.5) is 5.82 Å². The standard InChI is InChI=1S/C23H28N4O4S2/c1-15-7-8-19-25-20(24-9-11-31-12-10-28)17(21(29)26(19)14-15)13-18-22(30)27(23(32)33-18)16-5-3-2-4-6-16/h7-8,13-14,16,24,28H,2-6,9-12H2,1H3. The molecule has 1 saturated carbocycles. The number of fused-ring (bicyclic) bond motifs is 1. The molecule has 1 aliphatic carbocycles. The highest BCUT2D eigenvalue weighted by Gasteiger charge is 2.37. The molecule has 0 radical (unpaired) electrons. The molecule has 4 rings (SSSR count). The number of hydrogen-bond acceptors (Lipinski definition) is 8. The van der Waals surface area contributed by atoms with Gasteiger partial charge in [-0.3, -0.25) is 18.9 Å². The van der Waals surface area contributed by atoms with Crippen LogP contribution in [-0.4, -0.2) is 62.0 Å². The fourth-order valence-electron chi connectivity index (χ4n) is 4.20. The number of thiocarbonyl (C=S) groups is 1. The number of aryl methyl sites for hydroxylation is 1. The van der Waals surface area contributed by atoms with Crippen molar-refractivity contribution >= 4 is 51.7 Å². The van der Waals surface area contributed by atoms with E-state index in [0.717, 1.165) is 31.2 Å². The molecule has 0 bridgehead atoms. The third-order valence-electron chi connectivity index (χ3n) is 5.82. The summed E-state index contributed by atoms with van der Waals surface area (Å²) in [6.45, 7) is 2.84. The summed E-state index contributed by atoms with van der Waals surface area (Å²) in [7, 11) is 0. The van der Waals surface area contributed by atoms with Gasteiger partial charge in [0.25, 0.3) is 11.5 Å². The molecule has 2 fully saturated rings. The van der Waals surface area contributed by atoms with Gasteiger partial charge in [-0.2, -0.15) is 0 Å². The zero-order chi connectivity index (χ0) is 23.4. The smallest absolute Gasteiger partial charge is 0.267 e. The molecule has 2 N–H and O–H groups in total. The van der Waals surface area contributed by atoms with Gasteiger partial charge in [0, 0.05) is 18.8 Å². The first-order valence-corrected chi connectivity index (χ1v) is 12.4. The van der Waals surface area contributed by atoms with Crippen LogP contribution in [0, 0.1) is 6.92 Å². The van der Waals surface area contributed by atoms with E-state index >= 15 is 0 Å². The van der Waals surface area contributed by atoms with Crippen molar-refractivity contribution in [1.82, 2.24) is 14.3 Å². The number of aliphatic hydroxyl groups is 1. The molecule has 33 heavy (non-hydrogen) atoms. The lowest BCUT2D eigenvalue weighted by molar-refractivity contribution is -0.124. The Kier molecular flexibility index (Phi) is 7.79. The van der Waals surface area contributed by atoms with E-state index in [2.05, 4.69) is 10.3 Å². The van der Waals surface area contributed by atoms with E-state index in [4.69, 9.17) is 22.1 Å². The summed E-state index contributed by atoms with van der Waals surface area (Å²) in [5.74, 6) is 0.252. The van der Waals surface area contributed by atoms with Crippen LogP contribution < -0.4 is 10.9 Å². The fraction of sp³-hybridized carbons (Fsp3) is 0.478. The van der Waals surface area contributed by atoms with E-state index < -0.39 is 0 Å². The number of carbonyl (C=O) groups is 1. The van der Waals surface area contributed by atoms with Gasteiger partial charge in [0.15, 0.2) is 0 Å². The minimum Gasteiger partial charge on any atom is -0.394 e. The van der Waals surface area contributed by atoms with Crippen LogP contribution in [0.1, 0.15) is 43.2 Å². The Morgan fingerprint density at radius 1 is 1.27 bits per heavy atom. The maximum atomic E-state index is 13.4.